The molecule has 0 amide bonds. The van der Waals surface area contributed by atoms with E-state index in [4.69, 9.17) is 0 Å². The highest BCUT2D eigenvalue weighted by Gasteiger charge is 2.40. The summed E-state index contributed by atoms with van der Waals surface area (Å²) >= 11 is 3.93. The fourth-order valence-corrected chi connectivity index (χ4v) is 12.9. The lowest BCUT2D eigenvalue weighted by molar-refractivity contribution is -0.704. The second-order valence-electron chi connectivity index (χ2n) is 20.0. The Morgan fingerprint density at radius 3 is 1.41 bits per heavy atom. The molecule has 0 saturated carbocycles. The van der Waals surface area contributed by atoms with Crippen molar-refractivity contribution in [2.75, 3.05) is 6.54 Å². The molecule has 1 aliphatic heterocycles. The number of nitrogens with zero attached hydrogens (tertiary/aromatic N) is 3. The third-order valence-corrected chi connectivity index (χ3v) is 16.9. The molecule has 6 nitrogen and oxygen atoms in total. The number of rotatable bonds is 39. The first kappa shape index (κ1) is 56.3. The maximum Gasteiger partial charge on any atom is 0.346 e. The molecule has 1 N–H and O–H groups in total. The van der Waals surface area contributed by atoms with Crippen LogP contribution in [-0.4, -0.2) is 29.1 Å². The minimum atomic E-state index is -0.0922. The van der Waals surface area contributed by atoms with E-state index in [9.17, 15) is 9.59 Å². The molecule has 3 aromatic heterocycles. The molecule has 372 valence electrons. The molecule has 8 heteroatoms. The third-order valence-electron chi connectivity index (χ3n) is 14.2. The topological polar surface area (TPSA) is 66.8 Å². The highest BCUT2D eigenvalue weighted by Crippen LogP contribution is 2.35. The van der Waals surface area contributed by atoms with Gasteiger partial charge in [-0.05, 0) is 70.0 Å². The van der Waals surface area contributed by atoms with Crippen LogP contribution in [0.2, 0.25) is 0 Å². The number of carbonyl (C=O) groups is 2. The number of nitrogens with one attached hydrogen (secondary N) is 1. The quantitative estimate of drug-likeness (QED) is 0.0351. The van der Waals surface area contributed by atoms with E-state index in [0.29, 0.717) is 24.6 Å². The molecule has 4 rings (SSSR count). The van der Waals surface area contributed by atoms with Gasteiger partial charge in [0.05, 0.1) is 15.8 Å². The Bertz CT molecular complexity index is 1710. The highest BCUT2D eigenvalue weighted by atomic mass is 32.1. The van der Waals surface area contributed by atoms with Gasteiger partial charge in [-0.3, -0.25) is 14.6 Å². The van der Waals surface area contributed by atoms with Crippen molar-refractivity contribution in [3.8, 4) is 10.0 Å². The number of carbonyl (C=O) groups excluding carboxylic acids is 2. The summed E-state index contributed by atoms with van der Waals surface area (Å²) < 4.78 is 4.96. The van der Waals surface area contributed by atoms with Crippen LogP contribution in [-0.2, 0) is 43.6 Å². The van der Waals surface area contributed by atoms with E-state index in [1.165, 1.54) is 217 Å². The van der Waals surface area contributed by atoms with Crippen molar-refractivity contribution in [1.82, 2.24) is 10.3 Å². The van der Waals surface area contributed by atoms with E-state index >= 15 is 0 Å². The molecule has 0 aliphatic carbocycles. The number of pyridine rings is 1. The average Bonchev–Trinajstić information content (AvgIpc) is 3.83. The Morgan fingerprint density at radius 1 is 0.530 bits per heavy atom. The Morgan fingerprint density at radius 2 is 0.955 bits per heavy atom. The van der Waals surface area contributed by atoms with Crippen LogP contribution in [0.4, 0.5) is 0 Å². The normalized spacial score (nSPS) is 14.5. The highest BCUT2D eigenvalue weighted by molar-refractivity contribution is 7.21. The number of hydrogen-bond donors (Lipinski definition) is 1. The summed E-state index contributed by atoms with van der Waals surface area (Å²) in [7, 11) is 0. The second kappa shape index (κ2) is 35.8. The SMILES string of the molecule is CCCCCCCCCCc1sc(-c2sc(CCCCCCCC)c(CCCCCCCC)[n+]2CC(=O)c2ccccn2)[n+](CC(=O)C2CCCCCCN2)c1CCCCCCCCCC. The standard InChI is InChI=1S/C58H98N4O2S2/c1-5-9-13-17-21-23-26-33-42-52-56(44-35-28-24-22-18-14-10-6-2)66-57(61(52)47-53(63)49-39-31-29-30-37-45-59-49)58-62(48-54(64)50-40-36-38-46-60-50)51(41-32-25-19-15-11-7-3)55(65-58)43-34-27-20-16-12-8-4/h36,38,40,46,49,59H,5-35,37,39,41-45,47-48H2,1-4H3/q+2. The van der Waals surface area contributed by atoms with Crippen LogP contribution in [0.15, 0.2) is 24.4 Å². The zero-order chi connectivity index (χ0) is 46.9. The van der Waals surface area contributed by atoms with Crippen molar-refractivity contribution in [3.05, 3.63) is 51.2 Å². The number of aryl methyl sites for hydroxylation is 2. The second-order valence-corrected chi connectivity index (χ2v) is 22.2. The molecule has 0 spiro atoms. The Kier molecular flexibility index (Phi) is 30.5. The van der Waals surface area contributed by atoms with Crippen molar-refractivity contribution in [2.45, 2.75) is 284 Å². The van der Waals surface area contributed by atoms with E-state index in [1.807, 2.05) is 40.9 Å². The van der Waals surface area contributed by atoms with Crippen LogP contribution in [0.1, 0.15) is 271 Å². The van der Waals surface area contributed by atoms with E-state index in [-0.39, 0.29) is 11.8 Å². The van der Waals surface area contributed by atoms with Gasteiger partial charge in [0.2, 0.25) is 24.7 Å². The predicted octanol–water partition coefficient (Wildman–Crippen LogP) is 16.0. The largest absolute Gasteiger partial charge is 0.346 e. The molecule has 1 saturated heterocycles. The van der Waals surface area contributed by atoms with Crippen LogP contribution < -0.4 is 14.5 Å². The van der Waals surface area contributed by atoms with Crippen molar-refractivity contribution >= 4 is 34.2 Å². The molecular formula is C58H98N4O2S2+2. The maximum atomic E-state index is 14.8. The van der Waals surface area contributed by atoms with E-state index in [1.54, 1.807) is 6.20 Å². The molecule has 1 atom stereocenters. The third kappa shape index (κ3) is 21.1. The van der Waals surface area contributed by atoms with Crippen molar-refractivity contribution in [1.29, 1.82) is 0 Å². The predicted molar refractivity (Wildman–Crippen MR) is 283 cm³/mol. The first-order chi connectivity index (χ1) is 32.5. The maximum absolute atomic E-state index is 14.8. The first-order valence-electron chi connectivity index (χ1n) is 28.3. The molecule has 66 heavy (non-hydrogen) atoms. The van der Waals surface area contributed by atoms with Gasteiger partial charge in [-0.25, -0.2) is 0 Å². The van der Waals surface area contributed by atoms with Gasteiger partial charge in [0.15, 0.2) is 11.4 Å². The Labute approximate surface area is 413 Å². The zero-order valence-electron chi connectivity index (χ0n) is 43.1. The van der Waals surface area contributed by atoms with E-state index < -0.39 is 0 Å². The van der Waals surface area contributed by atoms with Gasteiger partial charge in [-0.15, -0.1) is 0 Å². The van der Waals surface area contributed by atoms with Crippen LogP contribution in [0.5, 0.6) is 0 Å². The summed E-state index contributed by atoms with van der Waals surface area (Å²) in [6, 6.07) is 5.64. The Balaban J connectivity index is 1.81. The first-order valence-corrected chi connectivity index (χ1v) is 29.9. The average molecular weight is 948 g/mol. The van der Waals surface area contributed by atoms with Crippen LogP contribution in [0.3, 0.4) is 0 Å². The Hall–Kier alpha value is -2.29. The summed E-state index contributed by atoms with van der Waals surface area (Å²) in [5.41, 5.74) is 3.32. The van der Waals surface area contributed by atoms with Crippen LogP contribution in [0.25, 0.3) is 10.0 Å². The van der Waals surface area contributed by atoms with E-state index in [2.05, 4.69) is 47.1 Å². The van der Waals surface area contributed by atoms with Crippen LogP contribution >= 0.6 is 22.7 Å². The van der Waals surface area contributed by atoms with Crippen molar-refractivity contribution in [3.63, 3.8) is 0 Å². The monoisotopic (exact) mass is 947 g/mol. The lowest BCUT2D eigenvalue weighted by Crippen LogP contribution is -2.50. The zero-order valence-corrected chi connectivity index (χ0v) is 44.8. The van der Waals surface area contributed by atoms with Crippen LogP contribution in [0, 0.1) is 0 Å². The lowest BCUT2D eigenvalue weighted by Gasteiger charge is -2.19. The molecule has 1 aliphatic rings. The molecule has 1 fully saturated rings. The van der Waals surface area contributed by atoms with Gasteiger partial charge in [-0.2, -0.15) is 9.13 Å². The van der Waals surface area contributed by atoms with Gasteiger partial charge in [0.1, 0.15) is 5.69 Å². The van der Waals surface area contributed by atoms with Gasteiger partial charge in [-0.1, -0.05) is 230 Å². The summed E-state index contributed by atoms with van der Waals surface area (Å²) in [6.07, 6.45) is 47.6. The fourth-order valence-electron chi connectivity index (χ4n) is 10.1. The molecule has 0 radical (unpaired) electrons. The van der Waals surface area contributed by atoms with Gasteiger partial charge >= 0.3 is 10.0 Å². The van der Waals surface area contributed by atoms with Gasteiger partial charge < -0.3 is 5.32 Å². The summed E-state index contributed by atoms with van der Waals surface area (Å²) in [5, 5.41) is 6.13. The summed E-state index contributed by atoms with van der Waals surface area (Å²) in [5.74, 6) is 0.412. The van der Waals surface area contributed by atoms with Gasteiger partial charge in [0, 0.05) is 19.0 Å². The summed E-state index contributed by atoms with van der Waals surface area (Å²) in [4.78, 5) is 36.7. The molecule has 1 unspecified atom stereocenters. The van der Waals surface area contributed by atoms with E-state index in [0.717, 1.165) is 57.9 Å². The molecule has 3 aromatic rings. The minimum absolute atomic E-state index is 0.0752. The number of aromatic nitrogens is 3. The number of thiazole rings is 2. The number of hydrogen-bond acceptors (Lipinski definition) is 6. The smallest absolute Gasteiger partial charge is 0.307 e. The van der Waals surface area contributed by atoms with Crippen molar-refractivity contribution in [2.24, 2.45) is 0 Å². The summed E-state index contributed by atoms with van der Waals surface area (Å²) in [6.45, 7) is 10.8. The van der Waals surface area contributed by atoms with Gasteiger partial charge in [0.25, 0.3) is 0 Å². The molecule has 0 aromatic carbocycles. The number of Topliss-reactive ketones (excluding diaryl/α,β-unsaturated/α-hetero) is 2. The number of unbranched alkanes of at least 4 members (excludes halogenated alkanes) is 24. The molecule has 0 bridgehead atoms. The molecule has 4 heterocycles. The minimum Gasteiger partial charge on any atom is -0.307 e. The lowest BCUT2D eigenvalue weighted by atomic mass is 10.0. The van der Waals surface area contributed by atoms with Crippen molar-refractivity contribution < 1.29 is 18.7 Å². The molecular weight excluding hydrogens is 849 g/mol. The fraction of sp³-hybridized carbons (Fsp3) is 0.776. The number of ketones is 2.